The second-order valence-corrected chi connectivity index (χ2v) is 9.75. The van der Waals surface area contributed by atoms with Gasteiger partial charge in [-0.3, -0.25) is 4.79 Å². The van der Waals surface area contributed by atoms with E-state index in [4.69, 9.17) is 21.1 Å². The molecule has 5 nitrogen and oxygen atoms in total. The number of benzene rings is 2. The van der Waals surface area contributed by atoms with Gasteiger partial charge in [0.05, 0.1) is 23.9 Å². The minimum atomic E-state index is 0.0113. The fourth-order valence-electron chi connectivity index (χ4n) is 4.93. The number of carbonyl (C=O) groups is 1. The van der Waals surface area contributed by atoms with E-state index in [0.29, 0.717) is 28.5 Å². The van der Waals surface area contributed by atoms with Crippen LogP contribution in [0, 0.1) is 17.2 Å². The molecule has 174 valence electrons. The normalized spacial score (nSPS) is 25.3. The molecule has 6 heteroatoms. The van der Waals surface area contributed by atoms with Crippen LogP contribution in [0.15, 0.2) is 42.5 Å². The molecule has 0 aromatic heterocycles. The number of anilines is 1. The molecule has 0 amide bonds. The molecule has 0 bridgehead atoms. The van der Waals surface area contributed by atoms with Gasteiger partial charge in [0.25, 0.3) is 0 Å². The van der Waals surface area contributed by atoms with Crippen LogP contribution < -0.4 is 9.64 Å². The molecule has 2 atom stereocenters. The number of ketones is 1. The molecule has 2 aliphatic rings. The summed E-state index contributed by atoms with van der Waals surface area (Å²) in [5, 5.41) is 9.83. The molecule has 33 heavy (non-hydrogen) atoms. The number of hydrogen-bond acceptors (Lipinski definition) is 5. The highest BCUT2D eigenvalue weighted by molar-refractivity contribution is 6.30. The van der Waals surface area contributed by atoms with Gasteiger partial charge in [-0.2, -0.15) is 5.26 Å². The molecule has 2 aromatic rings. The molecule has 2 aromatic carbocycles. The maximum atomic E-state index is 12.9. The van der Waals surface area contributed by atoms with Crippen LogP contribution in [0.5, 0.6) is 5.75 Å². The summed E-state index contributed by atoms with van der Waals surface area (Å²) in [5.74, 6) is 0.902. The lowest BCUT2D eigenvalue weighted by Gasteiger charge is -2.36. The van der Waals surface area contributed by atoms with Gasteiger partial charge in [-0.1, -0.05) is 23.7 Å². The Morgan fingerprint density at radius 1 is 1.09 bits per heavy atom. The SMILES string of the molecule is C[C@@H]1CN(c2ccc(CC(=O)C3CCC(Oc4cc(Cl)ccc4C#N)CC3)cc2)C[C@H](C)O1. The number of hydrogen-bond donors (Lipinski definition) is 0. The molecule has 1 aliphatic heterocycles. The topological polar surface area (TPSA) is 62.6 Å². The van der Waals surface area contributed by atoms with Gasteiger partial charge in [-0.05, 0) is 69.4 Å². The number of carbonyl (C=O) groups excluding carboxylic acids is 1. The second-order valence-electron chi connectivity index (χ2n) is 9.32. The molecule has 0 N–H and O–H groups in total. The van der Waals surface area contributed by atoms with Crippen LogP contribution in [0.2, 0.25) is 5.02 Å². The summed E-state index contributed by atoms with van der Waals surface area (Å²) in [6, 6.07) is 15.6. The Morgan fingerprint density at radius 3 is 2.39 bits per heavy atom. The smallest absolute Gasteiger partial charge is 0.140 e. The summed E-state index contributed by atoms with van der Waals surface area (Å²) in [5.41, 5.74) is 2.74. The van der Waals surface area contributed by atoms with Gasteiger partial charge in [0, 0.05) is 42.2 Å². The average molecular weight is 467 g/mol. The van der Waals surface area contributed by atoms with Crippen LogP contribution in [0.25, 0.3) is 0 Å². The molecule has 0 radical (unpaired) electrons. The lowest BCUT2D eigenvalue weighted by molar-refractivity contribution is -0.123. The molecular weight excluding hydrogens is 436 g/mol. The van der Waals surface area contributed by atoms with Crippen LogP contribution in [-0.4, -0.2) is 37.2 Å². The van der Waals surface area contributed by atoms with Gasteiger partial charge < -0.3 is 14.4 Å². The maximum absolute atomic E-state index is 12.9. The summed E-state index contributed by atoms with van der Waals surface area (Å²) in [4.78, 5) is 15.3. The van der Waals surface area contributed by atoms with Crippen molar-refractivity contribution in [1.29, 1.82) is 5.26 Å². The number of rotatable bonds is 6. The van der Waals surface area contributed by atoms with E-state index >= 15 is 0 Å². The number of morpholine rings is 1. The fraction of sp³-hybridized carbons (Fsp3) is 0.481. The highest BCUT2D eigenvalue weighted by Crippen LogP contribution is 2.31. The standard InChI is InChI=1S/C27H31ClN2O3/c1-18-16-30(17-19(2)32-18)24-9-3-20(4-10-24)13-26(31)21-6-11-25(12-7-21)33-27-14-23(28)8-5-22(27)15-29/h3-5,8-10,14,18-19,21,25H,6-7,11-13,16-17H2,1-2H3/t18-,19+,21?,25?. The summed E-state index contributed by atoms with van der Waals surface area (Å²) in [7, 11) is 0. The van der Waals surface area contributed by atoms with E-state index in [2.05, 4.69) is 49.1 Å². The average Bonchev–Trinajstić information content (AvgIpc) is 2.79. The Kier molecular flexibility index (Phi) is 7.57. The lowest BCUT2D eigenvalue weighted by atomic mass is 9.83. The van der Waals surface area contributed by atoms with Crippen LogP contribution in [0.1, 0.15) is 50.7 Å². The zero-order valence-electron chi connectivity index (χ0n) is 19.3. The molecule has 0 unspecified atom stereocenters. The first-order valence-corrected chi connectivity index (χ1v) is 12.2. The summed E-state index contributed by atoms with van der Waals surface area (Å²) in [6.45, 7) is 5.98. The third kappa shape index (κ3) is 6.07. The largest absolute Gasteiger partial charge is 0.489 e. The van der Waals surface area contributed by atoms with Crippen LogP contribution in [0.3, 0.4) is 0 Å². The van der Waals surface area contributed by atoms with Crippen molar-refractivity contribution in [2.24, 2.45) is 5.92 Å². The van der Waals surface area contributed by atoms with Crippen LogP contribution in [-0.2, 0) is 16.0 Å². The van der Waals surface area contributed by atoms with E-state index in [-0.39, 0.29) is 24.2 Å². The Hall–Kier alpha value is -2.55. The first-order chi connectivity index (χ1) is 15.9. The predicted molar refractivity (Wildman–Crippen MR) is 130 cm³/mol. The zero-order valence-corrected chi connectivity index (χ0v) is 20.1. The Morgan fingerprint density at radius 2 is 1.76 bits per heavy atom. The molecular formula is C27H31ClN2O3. The predicted octanol–water partition coefficient (Wildman–Crippen LogP) is 5.57. The van der Waals surface area contributed by atoms with Crippen molar-refractivity contribution >= 4 is 23.1 Å². The number of nitriles is 1. The minimum absolute atomic E-state index is 0.0113. The van der Waals surface area contributed by atoms with E-state index in [0.717, 1.165) is 44.3 Å². The Labute approximate surface area is 201 Å². The van der Waals surface area contributed by atoms with Crippen molar-refractivity contribution in [2.75, 3.05) is 18.0 Å². The van der Waals surface area contributed by atoms with E-state index < -0.39 is 0 Å². The molecule has 1 heterocycles. The van der Waals surface area contributed by atoms with E-state index in [1.807, 2.05) is 0 Å². The zero-order chi connectivity index (χ0) is 23.4. The number of nitrogens with zero attached hydrogens (tertiary/aromatic N) is 2. The van der Waals surface area contributed by atoms with Gasteiger partial charge in [-0.25, -0.2) is 0 Å². The van der Waals surface area contributed by atoms with Gasteiger partial charge in [0.2, 0.25) is 0 Å². The van der Waals surface area contributed by atoms with Crippen molar-refractivity contribution in [3.8, 4) is 11.8 Å². The van der Waals surface area contributed by atoms with Crippen molar-refractivity contribution < 1.29 is 14.3 Å². The van der Waals surface area contributed by atoms with Crippen molar-refractivity contribution in [3.63, 3.8) is 0 Å². The molecule has 1 aliphatic carbocycles. The Balaban J connectivity index is 1.28. The van der Waals surface area contributed by atoms with Gasteiger partial charge in [0.1, 0.15) is 17.6 Å². The van der Waals surface area contributed by atoms with Gasteiger partial charge >= 0.3 is 0 Å². The molecule has 4 rings (SSSR count). The van der Waals surface area contributed by atoms with Crippen LogP contribution in [0.4, 0.5) is 5.69 Å². The van der Waals surface area contributed by atoms with Gasteiger partial charge in [-0.15, -0.1) is 0 Å². The molecule has 0 spiro atoms. The summed E-state index contributed by atoms with van der Waals surface area (Å²) >= 11 is 6.06. The van der Waals surface area contributed by atoms with E-state index in [9.17, 15) is 10.1 Å². The highest BCUT2D eigenvalue weighted by atomic mass is 35.5. The third-order valence-electron chi connectivity index (χ3n) is 6.59. The molecule has 2 fully saturated rings. The first kappa shape index (κ1) is 23.6. The number of Topliss-reactive ketones (excluding diaryl/α,β-unsaturated/α-hetero) is 1. The molecule has 1 saturated carbocycles. The molecule has 1 saturated heterocycles. The quantitative estimate of drug-likeness (QED) is 0.556. The monoisotopic (exact) mass is 466 g/mol. The second kappa shape index (κ2) is 10.6. The van der Waals surface area contributed by atoms with E-state index in [1.54, 1.807) is 18.2 Å². The maximum Gasteiger partial charge on any atom is 0.140 e. The summed E-state index contributed by atoms with van der Waals surface area (Å²) in [6.07, 6.45) is 4.16. The number of halogens is 1. The number of ether oxygens (including phenoxy) is 2. The fourth-order valence-corrected chi connectivity index (χ4v) is 5.09. The summed E-state index contributed by atoms with van der Waals surface area (Å²) < 4.78 is 11.9. The minimum Gasteiger partial charge on any atom is -0.489 e. The highest BCUT2D eigenvalue weighted by Gasteiger charge is 2.28. The van der Waals surface area contributed by atoms with E-state index in [1.165, 1.54) is 5.69 Å². The Bertz CT molecular complexity index is 999. The third-order valence-corrected chi connectivity index (χ3v) is 6.82. The van der Waals surface area contributed by atoms with Crippen molar-refractivity contribution in [1.82, 2.24) is 0 Å². The first-order valence-electron chi connectivity index (χ1n) is 11.8. The van der Waals surface area contributed by atoms with Crippen LogP contribution >= 0.6 is 11.6 Å². The van der Waals surface area contributed by atoms with Gasteiger partial charge in [0.15, 0.2) is 0 Å². The lowest BCUT2D eigenvalue weighted by Crippen LogP contribution is -2.45. The van der Waals surface area contributed by atoms with Crippen molar-refractivity contribution in [2.45, 2.75) is 64.3 Å². The van der Waals surface area contributed by atoms with Crippen molar-refractivity contribution in [3.05, 3.63) is 58.6 Å².